The first-order valence-corrected chi connectivity index (χ1v) is 4.52. The van der Waals surface area contributed by atoms with Crippen LogP contribution < -0.4 is 10.5 Å². The molecule has 2 nitrogen and oxygen atoms in total. The minimum absolute atomic E-state index is 0.455. The first kappa shape index (κ1) is 10.4. The van der Waals surface area contributed by atoms with Crippen molar-refractivity contribution in [3.05, 3.63) is 27.8 Å². The van der Waals surface area contributed by atoms with Crippen LogP contribution in [0.15, 0.2) is 6.07 Å². The third kappa shape index (κ3) is 1.79. The van der Waals surface area contributed by atoms with Crippen molar-refractivity contribution in [3.63, 3.8) is 0 Å². The van der Waals surface area contributed by atoms with Crippen molar-refractivity contribution in [1.29, 1.82) is 0 Å². The molecule has 0 unspecified atom stereocenters. The van der Waals surface area contributed by atoms with E-state index in [4.69, 9.17) is 22.1 Å². The summed E-state index contributed by atoms with van der Waals surface area (Å²) in [4.78, 5) is 0. The van der Waals surface area contributed by atoms with Gasteiger partial charge in [0, 0.05) is 17.1 Å². The number of nitrogens with two attached hydrogens (primary N) is 1. The molecule has 0 radical (unpaired) electrons. The Morgan fingerprint density at radius 2 is 2.08 bits per heavy atom. The molecule has 13 heavy (non-hydrogen) atoms. The maximum absolute atomic E-state index is 6.02. The molecule has 0 saturated heterocycles. The lowest BCUT2D eigenvalue weighted by Gasteiger charge is -2.13. The van der Waals surface area contributed by atoms with Crippen LogP contribution in [0.25, 0.3) is 0 Å². The summed E-state index contributed by atoms with van der Waals surface area (Å²) >= 11 is 6.02. The van der Waals surface area contributed by atoms with Crippen molar-refractivity contribution < 1.29 is 4.74 Å². The highest BCUT2D eigenvalue weighted by Crippen LogP contribution is 2.31. The van der Waals surface area contributed by atoms with Crippen molar-refractivity contribution in [2.75, 3.05) is 7.11 Å². The van der Waals surface area contributed by atoms with Crippen LogP contribution >= 0.6 is 11.6 Å². The second-order valence-electron chi connectivity index (χ2n) is 3.02. The average Bonchev–Trinajstić information content (AvgIpc) is 2.10. The van der Waals surface area contributed by atoms with Gasteiger partial charge in [0.1, 0.15) is 5.75 Å². The summed E-state index contributed by atoms with van der Waals surface area (Å²) in [5.41, 5.74) is 8.65. The van der Waals surface area contributed by atoms with Gasteiger partial charge in [0.05, 0.1) is 7.11 Å². The Hall–Kier alpha value is -0.730. The smallest absolute Gasteiger partial charge is 0.126 e. The zero-order chi connectivity index (χ0) is 10.0. The normalized spacial score (nSPS) is 10.2. The minimum atomic E-state index is 0.455. The predicted octanol–water partition coefficient (Wildman–Crippen LogP) is 2.42. The van der Waals surface area contributed by atoms with Gasteiger partial charge in [-0.3, -0.25) is 0 Å². The highest BCUT2D eigenvalue weighted by Gasteiger charge is 2.11. The number of aryl methyl sites for hydroxylation is 1. The Bertz CT molecular complexity index is 323. The molecule has 0 atom stereocenters. The van der Waals surface area contributed by atoms with Crippen LogP contribution in [0.3, 0.4) is 0 Å². The zero-order valence-corrected chi connectivity index (χ0v) is 8.90. The monoisotopic (exact) mass is 199 g/mol. The van der Waals surface area contributed by atoms with Crippen LogP contribution in [0, 0.1) is 13.8 Å². The maximum atomic E-state index is 6.02. The molecule has 0 spiro atoms. The standard InChI is InChI=1S/C10H14ClNO/c1-6-4-9(11)7(2)8(5-12)10(6)13-3/h4H,5,12H2,1-3H3. The van der Waals surface area contributed by atoms with Gasteiger partial charge >= 0.3 is 0 Å². The van der Waals surface area contributed by atoms with Crippen LogP contribution in [0.4, 0.5) is 0 Å². The number of halogens is 1. The van der Waals surface area contributed by atoms with Gasteiger partial charge < -0.3 is 10.5 Å². The Morgan fingerprint density at radius 1 is 1.46 bits per heavy atom. The van der Waals surface area contributed by atoms with Gasteiger partial charge in [-0.1, -0.05) is 11.6 Å². The Kier molecular flexibility index (Phi) is 3.17. The van der Waals surface area contributed by atoms with E-state index >= 15 is 0 Å². The summed E-state index contributed by atoms with van der Waals surface area (Å²) < 4.78 is 5.26. The number of ether oxygens (including phenoxy) is 1. The van der Waals surface area contributed by atoms with E-state index in [9.17, 15) is 0 Å². The summed E-state index contributed by atoms with van der Waals surface area (Å²) in [6.45, 7) is 4.37. The molecular formula is C10H14ClNO. The van der Waals surface area contributed by atoms with Crippen LogP contribution in [0.2, 0.25) is 5.02 Å². The summed E-state index contributed by atoms with van der Waals surface area (Å²) in [6.07, 6.45) is 0. The Labute approximate surface area is 83.6 Å². The molecular weight excluding hydrogens is 186 g/mol. The summed E-state index contributed by atoms with van der Waals surface area (Å²) in [5.74, 6) is 0.851. The molecule has 1 aromatic rings. The first-order valence-electron chi connectivity index (χ1n) is 4.14. The highest BCUT2D eigenvalue weighted by atomic mass is 35.5. The summed E-state index contributed by atoms with van der Waals surface area (Å²) in [7, 11) is 1.65. The topological polar surface area (TPSA) is 35.2 Å². The molecule has 0 aliphatic heterocycles. The lowest BCUT2D eigenvalue weighted by Crippen LogP contribution is -2.04. The lowest BCUT2D eigenvalue weighted by molar-refractivity contribution is 0.406. The number of methoxy groups -OCH3 is 1. The van der Waals surface area contributed by atoms with Crippen molar-refractivity contribution in [2.24, 2.45) is 5.73 Å². The van der Waals surface area contributed by atoms with Gasteiger partial charge in [0.25, 0.3) is 0 Å². The van der Waals surface area contributed by atoms with Gasteiger partial charge in [-0.2, -0.15) is 0 Å². The molecule has 0 fully saturated rings. The van der Waals surface area contributed by atoms with E-state index in [1.807, 2.05) is 19.9 Å². The van der Waals surface area contributed by atoms with Crippen LogP contribution in [-0.2, 0) is 6.54 Å². The molecule has 2 N–H and O–H groups in total. The van der Waals surface area contributed by atoms with E-state index in [0.717, 1.165) is 27.5 Å². The Balaban J connectivity index is 3.41. The number of hydrogen-bond donors (Lipinski definition) is 1. The molecule has 0 heterocycles. The van der Waals surface area contributed by atoms with Crippen molar-refractivity contribution in [3.8, 4) is 5.75 Å². The molecule has 3 heteroatoms. The summed E-state index contributed by atoms with van der Waals surface area (Å²) in [5, 5.41) is 0.749. The zero-order valence-electron chi connectivity index (χ0n) is 8.15. The first-order chi connectivity index (χ1) is 6.11. The van der Waals surface area contributed by atoms with Crippen LogP contribution in [-0.4, -0.2) is 7.11 Å². The van der Waals surface area contributed by atoms with E-state index in [1.165, 1.54) is 0 Å². The number of rotatable bonds is 2. The van der Waals surface area contributed by atoms with Gasteiger partial charge in [0.2, 0.25) is 0 Å². The molecule has 72 valence electrons. The van der Waals surface area contributed by atoms with Crippen LogP contribution in [0.1, 0.15) is 16.7 Å². The van der Waals surface area contributed by atoms with Crippen molar-refractivity contribution in [2.45, 2.75) is 20.4 Å². The van der Waals surface area contributed by atoms with E-state index in [1.54, 1.807) is 7.11 Å². The molecule has 0 saturated carbocycles. The third-order valence-corrected chi connectivity index (χ3v) is 2.59. The fraction of sp³-hybridized carbons (Fsp3) is 0.400. The van der Waals surface area contributed by atoms with Gasteiger partial charge in [-0.05, 0) is 31.0 Å². The molecule has 0 aliphatic rings. The van der Waals surface area contributed by atoms with Crippen LogP contribution in [0.5, 0.6) is 5.75 Å². The van der Waals surface area contributed by atoms with Crippen molar-refractivity contribution >= 4 is 11.6 Å². The molecule has 1 aromatic carbocycles. The average molecular weight is 200 g/mol. The largest absolute Gasteiger partial charge is 0.496 e. The van der Waals surface area contributed by atoms with Gasteiger partial charge in [0.15, 0.2) is 0 Å². The highest BCUT2D eigenvalue weighted by molar-refractivity contribution is 6.31. The van der Waals surface area contributed by atoms with Gasteiger partial charge in [-0.15, -0.1) is 0 Å². The fourth-order valence-electron chi connectivity index (χ4n) is 1.45. The Morgan fingerprint density at radius 3 is 2.54 bits per heavy atom. The minimum Gasteiger partial charge on any atom is -0.496 e. The third-order valence-electron chi connectivity index (χ3n) is 2.19. The van der Waals surface area contributed by atoms with E-state index in [0.29, 0.717) is 6.54 Å². The fourth-order valence-corrected chi connectivity index (χ4v) is 1.72. The molecule has 1 rings (SSSR count). The predicted molar refractivity (Wildman–Crippen MR) is 55.4 cm³/mol. The number of benzene rings is 1. The van der Waals surface area contributed by atoms with E-state index in [2.05, 4.69) is 0 Å². The second-order valence-corrected chi connectivity index (χ2v) is 3.42. The maximum Gasteiger partial charge on any atom is 0.126 e. The SMILES string of the molecule is COc1c(C)cc(Cl)c(C)c1CN. The number of hydrogen-bond acceptors (Lipinski definition) is 2. The quantitative estimate of drug-likeness (QED) is 0.794. The molecule has 0 amide bonds. The summed E-state index contributed by atoms with van der Waals surface area (Å²) in [6, 6.07) is 1.90. The molecule has 0 bridgehead atoms. The van der Waals surface area contributed by atoms with Gasteiger partial charge in [-0.25, -0.2) is 0 Å². The molecule has 0 aromatic heterocycles. The van der Waals surface area contributed by atoms with E-state index in [-0.39, 0.29) is 0 Å². The molecule has 0 aliphatic carbocycles. The second kappa shape index (κ2) is 3.99. The lowest BCUT2D eigenvalue weighted by atomic mass is 10.0. The van der Waals surface area contributed by atoms with Crippen molar-refractivity contribution in [1.82, 2.24) is 0 Å². The van der Waals surface area contributed by atoms with E-state index < -0.39 is 0 Å².